The van der Waals surface area contributed by atoms with E-state index in [0.717, 1.165) is 19.4 Å². The van der Waals surface area contributed by atoms with Crippen molar-refractivity contribution in [3.8, 4) is 0 Å². The van der Waals surface area contributed by atoms with Gasteiger partial charge < -0.3 is 10.1 Å². The molecule has 110 valence electrons. The van der Waals surface area contributed by atoms with Crippen molar-refractivity contribution >= 4 is 0 Å². The molecule has 1 N–H and O–H groups in total. The monoisotopic (exact) mass is 281 g/mol. The summed E-state index contributed by atoms with van der Waals surface area (Å²) in [4.78, 5) is 0. The summed E-state index contributed by atoms with van der Waals surface area (Å²) in [5, 5.41) is 3.45. The fourth-order valence-corrected chi connectivity index (χ4v) is 3.10. The Hall–Kier alpha value is -1.64. The van der Waals surface area contributed by atoms with Crippen LogP contribution in [0.1, 0.15) is 28.4 Å². The minimum Gasteiger partial charge on any atom is -0.372 e. The van der Waals surface area contributed by atoms with Crippen molar-refractivity contribution in [2.75, 3.05) is 13.7 Å². The topological polar surface area (TPSA) is 21.3 Å². The third-order valence-electron chi connectivity index (χ3n) is 4.34. The first-order valence-electron chi connectivity index (χ1n) is 7.70. The summed E-state index contributed by atoms with van der Waals surface area (Å²) in [6.45, 7) is 2.94. The molecular weight excluding hydrogens is 258 g/mol. The van der Waals surface area contributed by atoms with Crippen LogP contribution in [0.2, 0.25) is 0 Å². The first kappa shape index (κ1) is 14.3. The average Bonchev–Trinajstić information content (AvgIpc) is 2.54. The van der Waals surface area contributed by atoms with Crippen molar-refractivity contribution in [3.05, 3.63) is 70.8 Å². The molecule has 0 radical (unpaired) electrons. The largest absolute Gasteiger partial charge is 0.372 e. The van der Waals surface area contributed by atoms with Crippen molar-refractivity contribution in [1.82, 2.24) is 5.32 Å². The molecule has 0 amide bonds. The summed E-state index contributed by atoms with van der Waals surface area (Å²) in [6.07, 6.45) is 2.14. The second kappa shape index (κ2) is 6.42. The van der Waals surface area contributed by atoms with E-state index in [1.807, 2.05) is 7.05 Å². The minimum absolute atomic E-state index is 0.140. The molecule has 1 heterocycles. The van der Waals surface area contributed by atoms with Gasteiger partial charge in [-0.05, 0) is 43.5 Å². The van der Waals surface area contributed by atoms with Crippen LogP contribution < -0.4 is 5.32 Å². The Balaban J connectivity index is 1.82. The van der Waals surface area contributed by atoms with Crippen molar-refractivity contribution in [2.24, 2.45) is 0 Å². The number of ether oxygens (including phenoxy) is 1. The van der Waals surface area contributed by atoms with Crippen molar-refractivity contribution in [1.29, 1.82) is 0 Å². The highest BCUT2D eigenvalue weighted by molar-refractivity contribution is 5.32. The summed E-state index contributed by atoms with van der Waals surface area (Å²) in [5.74, 6) is 0. The first-order valence-corrected chi connectivity index (χ1v) is 7.70. The standard InChI is InChI=1S/C19H23NO/c1-14-7-9-15(10-8-14)13-18(20-2)19-17-6-4-3-5-16(17)11-12-21-19/h3-10,18-20H,11-13H2,1-2H3. The van der Waals surface area contributed by atoms with E-state index in [1.165, 1.54) is 22.3 Å². The van der Waals surface area contributed by atoms with Gasteiger partial charge in [0.1, 0.15) is 0 Å². The van der Waals surface area contributed by atoms with E-state index < -0.39 is 0 Å². The molecule has 0 bridgehead atoms. The number of aryl methyl sites for hydroxylation is 1. The molecule has 2 aromatic carbocycles. The van der Waals surface area contributed by atoms with Gasteiger partial charge in [0.15, 0.2) is 0 Å². The van der Waals surface area contributed by atoms with Crippen LogP contribution in [0.3, 0.4) is 0 Å². The number of hydrogen-bond acceptors (Lipinski definition) is 2. The highest BCUT2D eigenvalue weighted by Crippen LogP contribution is 2.30. The van der Waals surface area contributed by atoms with Crippen LogP contribution in [0.25, 0.3) is 0 Å². The van der Waals surface area contributed by atoms with E-state index in [2.05, 4.69) is 60.8 Å². The second-order valence-electron chi connectivity index (χ2n) is 5.83. The van der Waals surface area contributed by atoms with Crippen molar-refractivity contribution in [2.45, 2.75) is 31.9 Å². The third-order valence-corrected chi connectivity index (χ3v) is 4.34. The quantitative estimate of drug-likeness (QED) is 0.927. The van der Waals surface area contributed by atoms with Gasteiger partial charge >= 0.3 is 0 Å². The van der Waals surface area contributed by atoms with Crippen LogP contribution in [0, 0.1) is 6.92 Å². The lowest BCUT2D eigenvalue weighted by Crippen LogP contribution is -2.38. The molecule has 0 fully saturated rings. The number of rotatable bonds is 4. The van der Waals surface area contributed by atoms with Crippen LogP contribution in [-0.4, -0.2) is 19.7 Å². The summed E-state index contributed by atoms with van der Waals surface area (Å²) < 4.78 is 6.09. The molecule has 0 saturated carbocycles. The van der Waals surface area contributed by atoms with E-state index in [9.17, 15) is 0 Å². The van der Waals surface area contributed by atoms with Crippen LogP contribution in [0.15, 0.2) is 48.5 Å². The molecule has 2 heteroatoms. The smallest absolute Gasteiger partial charge is 0.0983 e. The molecule has 0 aromatic heterocycles. The molecule has 1 aliphatic heterocycles. The molecule has 0 saturated heterocycles. The molecule has 2 unspecified atom stereocenters. The summed E-state index contributed by atoms with van der Waals surface area (Å²) in [5.41, 5.74) is 5.43. The zero-order chi connectivity index (χ0) is 14.7. The van der Waals surface area contributed by atoms with Gasteiger partial charge in [-0.1, -0.05) is 54.1 Å². The van der Waals surface area contributed by atoms with Crippen molar-refractivity contribution < 1.29 is 4.74 Å². The van der Waals surface area contributed by atoms with Gasteiger partial charge in [0.25, 0.3) is 0 Å². The lowest BCUT2D eigenvalue weighted by molar-refractivity contribution is 0.0172. The Morgan fingerprint density at radius 1 is 1.14 bits per heavy atom. The molecule has 2 atom stereocenters. The lowest BCUT2D eigenvalue weighted by Gasteiger charge is -2.32. The number of benzene rings is 2. The van der Waals surface area contributed by atoms with Gasteiger partial charge in [-0.2, -0.15) is 0 Å². The van der Waals surface area contributed by atoms with Gasteiger partial charge in [0, 0.05) is 6.04 Å². The lowest BCUT2D eigenvalue weighted by atomic mass is 9.90. The zero-order valence-corrected chi connectivity index (χ0v) is 12.8. The zero-order valence-electron chi connectivity index (χ0n) is 12.8. The number of hydrogen-bond donors (Lipinski definition) is 1. The average molecular weight is 281 g/mol. The SMILES string of the molecule is CNC(Cc1ccc(C)cc1)C1OCCc2ccccc21. The number of likely N-dealkylation sites (N-methyl/N-ethyl adjacent to an activating group) is 1. The number of fused-ring (bicyclic) bond motifs is 1. The molecule has 3 rings (SSSR count). The maximum absolute atomic E-state index is 6.09. The van der Waals surface area contributed by atoms with E-state index in [1.54, 1.807) is 0 Å². The van der Waals surface area contributed by atoms with Gasteiger partial charge in [-0.3, -0.25) is 0 Å². The Morgan fingerprint density at radius 2 is 1.90 bits per heavy atom. The maximum atomic E-state index is 6.09. The van der Waals surface area contributed by atoms with Gasteiger partial charge in [0.2, 0.25) is 0 Å². The van der Waals surface area contributed by atoms with E-state index in [-0.39, 0.29) is 6.10 Å². The van der Waals surface area contributed by atoms with Gasteiger partial charge in [0.05, 0.1) is 12.7 Å². The maximum Gasteiger partial charge on any atom is 0.0983 e. The predicted molar refractivity (Wildman–Crippen MR) is 86.6 cm³/mol. The Kier molecular flexibility index (Phi) is 4.37. The molecule has 21 heavy (non-hydrogen) atoms. The predicted octanol–water partition coefficient (Wildman–Crippen LogP) is 3.44. The normalized spacial score (nSPS) is 19.0. The van der Waals surface area contributed by atoms with E-state index in [0.29, 0.717) is 6.04 Å². The van der Waals surface area contributed by atoms with Crippen LogP contribution in [0.5, 0.6) is 0 Å². The summed E-state index contributed by atoms with van der Waals surface area (Å²) in [6, 6.07) is 17.8. The van der Waals surface area contributed by atoms with Crippen LogP contribution >= 0.6 is 0 Å². The molecule has 0 spiro atoms. The second-order valence-corrected chi connectivity index (χ2v) is 5.83. The summed E-state index contributed by atoms with van der Waals surface area (Å²) >= 11 is 0. The minimum atomic E-state index is 0.140. The van der Waals surface area contributed by atoms with E-state index in [4.69, 9.17) is 4.74 Å². The van der Waals surface area contributed by atoms with E-state index >= 15 is 0 Å². The van der Waals surface area contributed by atoms with Crippen LogP contribution in [0.4, 0.5) is 0 Å². The fraction of sp³-hybridized carbons (Fsp3) is 0.368. The third kappa shape index (κ3) is 3.17. The number of nitrogens with one attached hydrogen (secondary N) is 1. The molecule has 0 aliphatic carbocycles. The van der Waals surface area contributed by atoms with Crippen LogP contribution in [-0.2, 0) is 17.6 Å². The fourth-order valence-electron chi connectivity index (χ4n) is 3.10. The Morgan fingerprint density at radius 3 is 2.67 bits per heavy atom. The molecule has 2 aromatic rings. The van der Waals surface area contributed by atoms with Gasteiger partial charge in [-0.15, -0.1) is 0 Å². The summed E-state index contributed by atoms with van der Waals surface area (Å²) in [7, 11) is 2.03. The highest BCUT2D eigenvalue weighted by Gasteiger charge is 2.27. The van der Waals surface area contributed by atoms with Gasteiger partial charge in [-0.25, -0.2) is 0 Å². The first-order chi connectivity index (χ1) is 10.3. The molecule has 1 aliphatic rings. The Labute approximate surface area is 127 Å². The Bertz CT molecular complexity index is 591. The molecule has 2 nitrogen and oxygen atoms in total. The highest BCUT2D eigenvalue weighted by atomic mass is 16.5. The van der Waals surface area contributed by atoms with Crippen molar-refractivity contribution in [3.63, 3.8) is 0 Å². The molecular formula is C19H23NO.